The second kappa shape index (κ2) is 4.21. The Morgan fingerprint density at radius 2 is 2.25 bits per heavy atom. The van der Waals surface area contributed by atoms with E-state index in [1.807, 2.05) is 0 Å². The van der Waals surface area contributed by atoms with Gasteiger partial charge in [0, 0.05) is 6.20 Å². The van der Waals surface area contributed by atoms with Crippen molar-refractivity contribution in [1.82, 2.24) is 19.9 Å². The monoisotopic (exact) mass is 226 g/mol. The van der Waals surface area contributed by atoms with Crippen LogP contribution in [0.4, 0.5) is 8.78 Å². The van der Waals surface area contributed by atoms with Gasteiger partial charge in [0.05, 0.1) is 6.54 Å². The van der Waals surface area contributed by atoms with Crippen molar-refractivity contribution in [3.8, 4) is 0 Å². The maximum Gasteiger partial charge on any atom is 0.315 e. The molecule has 0 aliphatic rings. The summed E-state index contributed by atoms with van der Waals surface area (Å²) in [7, 11) is 0. The summed E-state index contributed by atoms with van der Waals surface area (Å²) >= 11 is 0. The number of hydrogen-bond donors (Lipinski definition) is 1. The van der Waals surface area contributed by atoms with Crippen LogP contribution in [0.1, 0.15) is 5.82 Å². The van der Waals surface area contributed by atoms with Crippen molar-refractivity contribution in [3.63, 3.8) is 0 Å². The molecule has 0 aromatic carbocycles. The van der Waals surface area contributed by atoms with Gasteiger partial charge in [-0.1, -0.05) is 6.07 Å². The van der Waals surface area contributed by atoms with Gasteiger partial charge in [-0.2, -0.15) is 8.78 Å². The van der Waals surface area contributed by atoms with Crippen LogP contribution in [-0.2, 0) is 11.3 Å². The van der Waals surface area contributed by atoms with Crippen molar-refractivity contribution < 1.29 is 13.6 Å². The molecule has 0 bridgehead atoms. The highest BCUT2D eigenvalue weighted by atomic mass is 19.3. The summed E-state index contributed by atoms with van der Waals surface area (Å²) < 4.78 is 25.4. The van der Waals surface area contributed by atoms with Crippen LogP contribution >= 0.6 is 0 Å². The molecule has 2 rings (SSSR count). The van der Waals surface area contributed by atoms with Gasteiger partial charge in [0.1, 0.15) is 0 Å². The zero-order valence-electron chi connectivity index (χ0n) is 8.10. The van der Waals surface area contributed by atoms with Gasteiger partial charge in [-0.25, -0.2) is 0 Å². The number of nitrogens with one attached hydrogen (secondary N) is 1. The fourth-order valence-electron chi connectivity index (χ4n) is 1.25. The minimum absolute atomic E-state index is 0.0750. The van der Waals surface area contributed by atoms with Crippen molar-refractivity contribution in [2.75, 3.05) is 0 Å². The molecule has 0 saturated heterocycles. The lowest BCUT2D eigenvalue weighted by atomic mass is 10.4. The molecule has 1 N–H and O–H groups in total. The number of hydrogen-bond acceptors (Lipinski definition) is 3. The molecule has 5 nitrogen and oxygen atoms in total. The lowest BCUT2D eigenvalue weighted by Crippen LogP contribution is -2.29. The van der Waals surface area contributed by atoms with Crippen LogP contribution in [0.15, 0.2) is 24.4 Å². The highest BCUT2D eigenvalue weighted by Crippen LogP contribution is 2.02. The Morgan fingerprint density at radius 3 is 3.00 bits per heavy atom. The Morgan fingerprint density at radius 1 is 1.44 bits per heavy atom. The summed E-state index contributed by atoms with van der Waals surface area (Å²) in [4.78, 5) is 10.7. The second-order valence-corrected chi connectivity index (χ2v) is 3.06. The van der Waals surface area contributed by atoms with Gasteiger partial charge >= 0.3 is 6.43 Å². The maximum absolute atomic E-state index is 11.9. The zero-order chi connectivity index (χ0) is 11.5. The second-order valence-electron chi connectivity index (χ2n) is 3.06. The van der Waals surface area contributed by atoms with E-state index >= 15 is 0 Å². The quantitative estimate of drug-likeness (QED) is 0.834. The number of alkyl halides is 2. The van der Waals surface area contributed by atoms with E-state index in [4.69, 9.17) is 0 Å². The molecule has 0 unspecified atom stereocenters. The highest BCUT2D eigenvalue weighted by molar-refractivity contribution is 5.78. The molecule has 84 valence electrons. The molecular formula is C9H8F2N4O. The molecule has 2 aromatic rings. The third-order valence-electron chi connectivity index (χ3n) is 2.00. The van der Waals surface area contributed by atoms with E-state index in [0.29, 0.717) is 11.5 Å². The fourth-order valence-corrected chi connectivity index (χ4v) is 1.25. The lowest BCUT2D eigenvalue weighted by molar-refractivity contribution is -0.131. The van der Waals surface area contributed by atoms with E-state index in [0.717, 1.165) is 0 Å². The number of nitrogens with zero attached hydrogens (tertiary/aromatic N) is 3. The van der Waals surface area contributed by atoms with Crippen molar-refractivity contribution in [2.24, 2.45) is 0 Å². The number of rotatable bonds is 3. The minimum atomic E-state index is -3.01. The SMILES string of the molecule is O=C(NCc1nnc2ccccn12)C(F)F. The number of carbonyl (C=O) groups excluding carboxylic acids is 1. The number of carbonyl (C=O) groups is 1. The van der Waals surface area contributed by atoms with Crippen molar-refractivity contribution in [1.29, 1.82) is 0 Å². The Labute approximate surface area is 89.1 Å². The fraction of sp³-hybridized carbons (Fsp3) is 0.222. The van der Waals surface area contributed by atoms with Crippen LogP contribution in [0.2, 0.25) is 0 Å². The van der Waals surface area contributed by atoms with Gasteiger partial charge in [-0.05, 0) is 12.1 Å². The van der Waals surface area contributed by atoms with E-state index in [2.05, 4.69) is 15.5 Å². The summed E-state index contributed by atoms with van der Waals surface area (Å²) in [6, 6.07) is 5.27. The average molecular weight is 226 g/mol. The Hall–Kier alpha value is -2.05. The molecule has 0 fully saturated rings. The normalized spacial score (nSPS) is 10.9. The molecular weight excluding hydrogens is 218 g/mol. The molecule has 16 heavy (non-hydrogen) atoms. The first kappa shape index (κ1) is 10.5. The van der Waals surface area contributed by atoms with E-state index in [1.54, 1.807) is 28.8 Å². The van der Waals surface area contributed by atoms with Crippen molar-refractivity contribution in [2.45, 2.75) is 13.0 Å². The zero-order valence-corrected chi connectivity index (χ0v) is 8.10. The first-order valence-electron chi connectivity index (χ1n) is 4.53. The van der Waals surface area contributed by atoms with Crippen LogP contribution in [0.25, 0.3) is 5.65 Å². The predicted octanol–water partition coefficient (Wildman–Crippen LogP) is 0.611. The van der Waals surface area contributed by atoms with Gasteiger partial charge < -0.3 is 5.32 Å². The third-order valence-corrected chi connectivity index (χ3v) is 2.00. The first-order chi connectivity index (χ1) is 7.68. The van der Waals surface area contributed by atoms with Crippen LogP contribution in [-0.4, -0.2) is 26.9 Å². The van der Waals surface area contributed by atoms with Gasteiger partial charge in [-0.3, -0.25) is 9.20 Å². The molecule has 0 atom stereocenters. The average Bonchev–Trinajstić information content (AvgIpc) is 2.69. The summed E-state index contributed by atoms with van der Waals surface area (Å²) in [5.41, 5.74) is 0.601. The molecule has 2 aromatic heterocycles. The summed E-state index contributed by atoms with van der Waals surface area (Å²) in [6.07, 6.45) is -1.32. The molecule has 0 radical (unpaired) electrons. The number of aromatic nitrogens is 3. The summed E-state index contributed by atoms with van der Waals surface area (Å²) in [5.74, 6) is -0.905. The predicted molar refractivity (Wildman–Crippen MR) is 50.8 cm³/mol. The Balaban J connectivity index is 2.13. The van der Waals surface area contributed by atoms with Crippen LogP contribution in [0, 0.1) is 0 Å². The Kier molecular flexibility index (Phi) is 2.76. The number of amides is 1. The standard InChI is InChI=1S/C9H8F2N4O/c10-8(11)9(16)12-5-7-14-13-6-3-1-2-4-15(6)7/h1-4,8H,5H2,(H,12,16). The maximum atomic E-state index is 11.9. The molecule has 0 spiro atoms. The van der Waals surface area contributed by atoms with Crippen LogP contribution in [0.5, 0.6) is 0 Å². The van der Waals surface area contributed by atoms with E-state index < -0.39 is 12.3 Å². The van der Waals surface area contributed by atoms with Crippen molar-refractivity contribution in [3.05, 3.63) is 30.2 Å². The number of halogens is 2. The molecule has 2 heterocycles. The molecule has 0 aliphatic carbocycles. The van der Waals surface area contributed by atoms with Crippen LogP contribution < -0.4 is 5.32 Å². The van der Waals surface area contributed by atoms with Gasteiger partial charge in [0.25, 0.3) is 5.91 Å². The third kappa shape index (κ3) is 1.97. The Bertz CT molecular complexity index is 511. The minimum Gasteiger partial charge on any atom is -0.344 e. The lowest BCUT2D eigenvalue weighted by Gasteiger charge is -2.02. The van der Waals surface area contributed by atoms with Crippen molar-refractivity contribution >= 4 is 11.6 Å². The largest absolute Gasteiger partial charge is 0.344 e. The van der Waals surface area contributed by atoms with Gasteiger partial charge in [-0.15, -0.1) is 10.2 Å². The van der Waals surface area contributed by atoms with Gasteiger partial charge in [0.2, 0.25) is 0 Å². The van der Waals surface area contributed by atoms with E-state index in [9.17, 15) is 13.6 Å². The smallest absolute Gasteiger partial charge is 0.315 e. The molecule has 0 aliphatic heterocycles. The number of pyridine rings is 1. The first-order valence-corrected chi connectivity index (χ1v) is 4.53. The number of fused-ring (bicyclic) bond motifs is 1. The highest BCUT2D eigenvalue weighted by Gasteiger charge is 2.15. The summed E-state index contributed by atoms with van der Waals surface area (Å²) in [5, 5.41) is 9.66. The van der Waals surface area contributed by atoms with E-state index in [-0.39, 0.29) is 6.54 Å². The summed E-state index contributed by atoms with van der Waals surface area (Å²) in [6.45, 7) is -0.0750. The topological polar surface area (TPSA) is 59.3 Å². The van der Waals surface area contributed by atoms with E-state index in [1.165, 1.54) is 0 Å². The van der Waals surface area contributed by atoms with Gasteiger partial charge in [0.15, 0.2) is 11.5 Å². The molecule has 7 heteroatoms. The molecule has 0 saturated carbocycles. The van der Waals surface area contributed by atoms with Crippen LogP contribution in [0.3, 0.4) is 0 Å². The molecule has 1 amide bonds.